The van der Waals surface area contributed by atoms with Gasteiger partial charge in [-0.05, 0) is 47.0 Å². The van der Waals surface area contributed by atoms with Crippen LogP contribution in [0.25, 0.3) is 0 Å². The van der Waals surface area contributed by atoms with Crippen molar-refractivity contribution >= 4 is 34.7 Å². The maximum absolute atomic E-state index is 12.2. The number of carbonyl (C=O) groups is 1. The van der Waals surface area contributed by atoms with E-state index in [1.807, 2.05) is 34.5 Å². The van der Waals surface area contributed by atoms with Gasteiger partial charge in [0.15, 0.2) is 0 Å². The molecule has 3 rings (SSSR count). The number of urea groups is 1. The fourth-order valence-electron chi connectivity index (χ4n) is 2.76. The van der Waals surface area contributed by atoms with Crippen molar-refractivity contribution in [1.82, 2.24) is 10.2 Å². The van der Waals surface area contributed by atoms with Crippen molar-refractivity contribution < 1.29 is 4.79 Å². The van der Waals surface area contributed by atoms with E-state index in [2.05, 4.69) is 22.5 Å². The number of aryl methyl sites for hydroxylation is 1. The van der Waals surface area contributed by atoms with Crippen LogP contribution in [0.1, 0.15) is 11.1 Å². The van der Waals surface area contributed by atoms with Crippen molar-refractivity contribution in [3.63, 3.8) is 0 Å². The molecule has 0 aliphatic carbocycles. The van der Waals surface area contributed by atoms with Gasteiger partial charge in [0.25, 0.3) is 0 Å². The molecule has 6 heteroatoms. The number of nitrogens with zero attached hydrogens (tertiary/aromatic N) is 2. The van der Waals surface area contributed by atoms with Crippen LogP contribution in [0.3, 0.4) is 0 Å². The third kappa shape index (κ3) is 3.98. The van der Waals surface area contributed by atoms with E-state index in [4.69, 9.17) is 11.6 Å². The van der Waals surface area contributed by atoms with Crippen LogP contribution in [0.5, 0.6) is 0 Å². The van der Waals surface area contributed by atoms with Gasteiger partial charge in [-0.2, -0.15) is 11.3 Å². The number of carbonyl (C=O) groups excluding carboxylic acids is 1. The van der Waals surface area contributed by atoms with Crippen molar-refractivity contribution in [2.75, 3.05) is 31.1 Å². The second-order valence-electron chi connectivity index (χ2n) is 5.70. The molecule has 0 unspecified atom stereocenters. The highest BCUT2D eigenvalue weighted by atomic mass is 35.5. The normalized spacial score (nSPS) is 14.9. The number of hydrogen-bond acceptors (Lipinski definition) is 3. The average Bonchev–Trinajstić information content (AvgIpc) is 3.08. The Morgan fingerprint density at radius 2 is 2.04 bits per heavy atom. The van der Waals surface area contributed by atoms with E-state index in [0.29, 0.717) is 6.54 Å². The lowest BCUT2D eigenvalue weighted by molar-refractivity contribution is 0.194. The third-order valence-corrected chi connectivity index (χ3v) is 5.07. The van der Waals surface area contributed by atoms with Gasteiger partial charge in [0.05, 0.1) is 0 Å². The molecule has 1 aliphatic rings. The van der Waals surface area contributed by atoms with Crippen LogP contribution >= 0.6 is 22.9 Å². The smallest absolute Gasteiger partial charge is 0.317 e. The predicted molar refractivity (Wildman–Crippen MR) is 96.5 cm³/mol. The number of nitrogens with one attached hydrogen (secondary N) is 1. The molecule has 2 heterocycles. The van der Waals surface area contributed by atoms with Gasteiger partial charge in [0, 0.05) is 43.4 Å². The number of thiophene rings is 1. The number of benzene rings is 1. The highest BCUT2D eigenvalue weighted by molar-refractivity contribution is 7.07. The van der Waals surface area contributed by atoms with Gasteiger partial charge in [0.2, 0.25) is 0 Å². The molecule has 122 valence electrons. The largest absolute Gasteiger partial charge is 0.368 e. The molecule has 0 bridgehead atoms. The summed E-state index contributed by atoms with van der Waals surface area (Å²) in [5.74, 6) is 0. The second-order valence-corrected chi connectivity index (χ2v) is 6.91. The number of rotatable bonds is 3. The summed E-state index contributed by atoms with van der Waals surface area (Å²) >= 11 is 7.75. The summed E-state index contributed by atoms with van der Waals surface area (Å²) < 4.78 is 0. The minimum atomic E-state index is 0.0127. The standard InChI is InChI=1S/C17H20ClN3OS/c1-13-2-3-15(18)10-16(13)20-5-7-21(8-6-20)17(22)19-11-14-4-9-23-12-14/h2-4,9-10,12H,5-8,11H2,1H3,(H,19,22). The van der Waals surface area contributed by atoms with Gasteiger partial charge in [-0.3, -0.25) is 0 Å². The lowest BCUT2D eigenvalue weighted by Gasteiger charge is -2.36. The van der Waals surface area contributed by atoms with Gasteiger partial charge in [0.1, 0.15) is 0 Å². The molecule has 0 spiro atoms. The molecule has 1 aromatic carbocycles. The minimum absolute atomic E-state index is 0.0127. The van der Waals surface area contributed by atoms with Crippen molar-refractivity contribution in [1.29, 1.82) is 0 Å². The van der Waals surface area contributed by atoms with Gasteiger partial charge in [-0.25, -0.2) is 4.79 Å². The van der Waals surface area contributed by atoms with Crippen LogP contribution in [-0.4, -0.2) is 37.1 Å². The molecule has 1 saturated heterocycles. The molecule has 1 aromatic heterocycles. The van der Waals surface area contributed by atoms with Crippen LogP contribution in [0.15, 0.2) is 35.0 Å². The zero-order valence-electron chi connectivity index (χ0n) is 13.1. The molecular formula is C17H20ClN3OS. The Bertz CT molecular complexity index is 666. The molecule has 1 aliphatic heterocycles. The zero-order valence-corrected chi connectivity index (χ0v) is 14.7. The lowest BCUT2D eigenvalue weighted by atomic mass is 10.1. The van der Waals surface area contributed by atoms with Crippen LogP contribution in [0.4, 0.5) is 10.5 Å². The number of piperazine rings is 1. The quantitative estimate of drug-likeness (QED) is 0.916. The highest BCUT2D eigenvalue weighted by Gasteiger charge is 2.22. The molecule has 0 atom stereocenters. The monoisotopic (exact) mass is 349 g/mol. The van der Waals surface area contributed by atoms with E-state index in [-0.39, 0.29) is 6.03 Å². The van der Waals surface area contributed by atoms with Crippen molar-refractivity contribution in [2.45, 2.75) is 13.5 Å². The Kier molecular flexibility index (Phi) is 5.08. The SMILES string of the molecule is Cc1ccc(Cl)cc1N1CCN(C(=O)NCc2ccsc2)CC1. The minimum Gasteiger partial charge on any atom is -0.368 e. The molecule has 4 nitrogen and oxygen atoms in total. The number of halogens is 1. The number of anilines is 1. The van der Waals surface area contributed by atoms with E-state index < -0.39 is 0 Å². The molecule has 1 fully saturated rings. The Morgan fingerprint density at radius 1 is 1.26 bits per heavy atom. The maximum Gasteiger partial charge on any atom is 0.317 e. The van der Waals surface area contributed by atoms with Crippen LogP contribution in [0.2, 0.25) is 5.02 Å². The molecule has 23 heavy (non-hydrogen) atoms. The fraction of sp³-hybridized carbons (Fsp3) is 0.353. The first-order valence-corrected chi connectivity index (χ1v) is 9.00. The third-order valence-electron chi connectivity index (χ3n) is 4.10. The fourth-order valence-corrected chi connectivity index (χ4v) is 3.59. The summed E-state index contributed by atoms with van der Waals surface area (Å²) in [7, 11) is 0. The Hall–Kier alpha value is -1.72. The van der Waals surface area contributed by atoms with Gasteiger partial charge in [-0.15, -0.1) is 0 Å². The first-order valence-electron chi connectivity index (χ1n) is 7.68. The van der Waals surface area contributed by atoms with Crippen LogP contribution in [0, 0.1) is 6.92 Å². The lowest BCUT2D eigenvalue weighted by Crippen LogP contribution is -2.51. The van der Waals surface area contributed by atoms with Crippen molar-refractivity contribution in [3.8, 4) is 0 Å². The van der Waals surface area contributed by atoms with E-state index in [1.165, 1.54) is 5.56 Å². The number of hydrogen-bond donors (Lipinski definition) is 1. The van der Waals surface area contributed by atoms with Gasteiger partial charge < -0.3 is 15.1 Å². The van der Waals surface area contributed by atoms with Gasteiger partial charge in [-0.1, -0.05) is 17.7 Å². The average molecular weight is 350 g/mol. The summed E-state index contributed by atoms with van der Waals surface area (Å²) in [6.07, 6.45) is 0. The van der Waals surface area contributed by atoms with E-state index in [9.17, 15) is 4.79 Å². The molecule has 0 saturated carbocycles. The summed E-state index contributed by atoms with van der Waals surface area (Å²) in [6, 6.07) is 8.00. The summed E-state index contributed by atoms with van der Waals surface area (Å²) in [5, 5.41) is 7.81. The second kappa shape index (κ2) is 7.23. The van der Waals surface area contributed by atoms with Crippen molar-refractivity contribution in [3.05, 3.63) is 51.2 Å². The van der Waals surface area contributed by atoms with Crippen molar-refractivity contribution in [2.24, 2.45) is 0 Å². The molecule has 0 radical (unpaired) electrons. The summed E-state index contributed by atoms with van der Waals surface area (Å²) in [4.78, 5) is 16.4. The molecular weight excluding hydrogens is 330 g/mol. The zero-order chi connectivity index (χ0) is 16.2. The Morgan fingerprint density at radius 3 is 2.74 bits per heavy atom. The maximum atomic E-state index is 12.2. The Balaban J connectivity index is 1.53. The van der Waals surface area contributed by atoms with Gasteiger partial charge >= 0.3 is 6.03 Å². The number of amides is 2. The first-order chi connectivity index (χ1) is 11.1. The van der Waals surface area contributed by atoms with E-state index in [1.54, 1.807) is 11.3 Å². The molecule has 2 aromatic rings. The first kappa shape index (κ1) is 16.1. The summed E-state index contributed by atoms with van der Waals surface area (Å²) in [6.45, 7) is 5.78. The van der Waals surface area contributed by atoms with E-state index >= 15 is 0 Å². The highest BCUT2D eigenvalue weighted by Crippen LogP contribution is 2.25. The predicted octanol–water partition coefficient (Wildman–Crippen LogP) is 3.74. The van der Waals surface area contributed by atoms with Crippen LogP contribution in [-0.2, 0) is 6.54 Å². The topological polar surface area (TPSA) is 35.6 Å². The molecule has 2 amide bonds. The van der Waals surface area contributed by atoms with Crippen LogP contribution < -0.4 is 10.2 Å². The van der Waals surface area contributed by atoms with E-state index in [0.717, 1.165) is 42.5 Å². The Labute approximate surface area is 145 Å². The summed E-state index contributed by atoms with van der Waals surface area (Å²) in [5.41, 5.74) is 3.53. The molecule has 1 N–H and O–H groups in total.